The molecule has 8 nitrogen and oxygen atoms in total. The average molecular weight is 490 g/mol. The van der Waals surface area contributed by atoms with Crippen LogP contribution in [-0.2, 0) is 9.59 Å². The van der Waals surface area contributed by atoms with Gasteiger partial charge in [-0.2, -0.15) is 5.26 Å². The Bertz CT molecular complexity index is 1300. The molecule has 2 amide bonds. The van der Waals surface area contributed by atoms with Gasteiger partial charge in [-0.05, 0) is 67.1 Å². The van der Waals surface area contributed by atoms with E-state index in [-0.39, 0.29) is 12.2 Å². The van der Waals surface area contributed by atoms with Gasteiger partial charge in [-0.3, -0.25) is 9.59 Å². The summed E-state index contributed by atoms with van der Waals surface area (Å²) < 4.78 is 29.6. The fourth-order valence-corrected chi connectivity index (χ4v) is 3.13. The molecule has 0 saturated carbocycles. The first kappa shape index (κ1) is 25.8. The van der Waals surface area contributed by atoms with E-state index in [9.17, 15) is 19.2 Å². The molecule has 0 aliphatic rings. The highest BCUT2D eigenvalue weighted by Crippen LogP contribution is 2.30. The van der Waals surface area contributed by atoms with E-state index in [0.29, 0.717) is 40.8 Å². The number of benzene rings is 3. The Kier molecular flexibility index (Phi) is 9.00. The molecule has 0 unspecified atom stereocenters. The van der Waals surface area contributed by atoms with Gasteiger partial charge in [0.05, 0.1) is 19.4 Å². The molecule has 0 aromatic heterocycles. The standard InChI is InChI=1S/C27H24FN3O5/c1-3-35-25-15-18(14-19(16-29)27(33)30-21-11-9-20(28)10-12-21)8-13-24(25)36-17-26(32)31-22-6-4-5-7-23(22)34-2/h4-15H,3,17H2,1-2H3,(H,30,33)(H,31,32). The number of methoxy groups -OCH3 is 1. The minimum absolute atomic E-state index is 0.161. The maximum absolute atomic E-state index is 13.1. The van der Waals surface area contributed by atoms with Gasteiger partial charge in [0.2, 0.25) is 0 Å². The highest BCUT2D eigenvalue weighted by atomic mass is 19.1. The fraction of sp³-hybridized carbons (Fsp3) is 0.148. The zero-order chi connectivity index (χ0) is 25.9. The Morgan fingerprint density at radius 3 is 2.42 bits per heavy atom. The second-order valence-electron chi connectivity index (χ2n) is 7.31. The maximum atomic E-state index is 13.1. The van der Waals surface area contributed by atoms with Crippen LogP contribution < -0.4 is 24.8 Å². The lowest BCUT2D eigenvalue weighted by Crippen LogP contribution is -2.20. The zero-order valence-corrected chi connectivity index (χ0v) is 19.7. The molecule has 0 atom stereocenters. The average Bonchev–Trinajstić information content (AvgIpc) is 2.88. The van der Waals surface area contributed by atoms with Gasteiger partial charge in [-0.25, -0.2) is 4.39 Å². The molecule has 0 aliphatic carbocycles. The third kappa shape index (κ3) is 7.08. The van der Waals surface area contributed by atoms with E-state index in [1.54, 1.807) is 49.4 Å². The smallest absolute Gasteiger partial charge is 0.266 e. The highest BCUT2D eigenvalue weighted by molar-refractivity contribution is 6.09. The predicted molar refractivity (Wildman–Crippen MR) is 133 cm³/mol. The molecule has 0 saturated heterocycles. The molecule has 3 aromatic rings. The van der Waals surface area contributed by atoms with Gasteiger partial charge in [0.25, 0.3) is 11.8 Å². The molecule has 2 N–H and O–H groups in total. The van der Waals surface area contributed by atoms with Crippen LogP contribution in [0.25, 0.3) is 6.08 Å². The van der Waals surface area contributed by atoms with Crippen LogP contribution in [0.3, 0.4) is 0 Å². The number of nitrogens with one attached hydrogen (secondary N) is 2. The van der Waals surface area contributed by atoms with E-state index in [4.69, 9.17) is 14.2 Å². The molecule has 0 aliphatic heterocycles. The third-order valence-electron chi connectivity index (χ3n) is 4.79. The summed E-state index contributed by atoms with van der Waals surface area (Å²) in [7, 11) is 1.51. The number of carbonyl (C=O) groups is 2. The SMILES string of the molecule is CCOc1cc(C=C(C#N)C(=O)Nc2ccc(F)cc2)ccc1OCC(=O)Nc1ccccc1OC. The van der Waals surface area contributed by atoms with E-state index in [0.717, 1.165) is 0 Å². The van der Waals surface area contributed by atoms with E-state index in [1.807, 2.05) is 6.07 Å². The Labute approximate surface area is 207 Å². The van der Waals surface area contributed by atoms with E-state index >= 15 is 0 Å². The van der Waals surface area contributed by atoms with Crippen LogP contribution in [0.5, 0.6) is 17.2 Å². The van der Waals surface area contributed by atoms with Crippen LogP contribution in [0.15, 0.2) is 72.3 Å². The molecule has 0 spiro atoms. The first-order valence-electron chi connectivity index (χ1n) is 10.9. The topological polar surface area (TPSA) is 110 Å². The summed E-state index contributed by atoms with van der Waals surface area (Å²) in [6.45, 7) is 1.83. The van der Waals surface area contributed by atoms with Crippen molar-refractivity contribution in [2.24, 2.45) is 0 Å². The number of hydrogen-bond acceptors (Lipinski definition) is 6. The lowest BCUT2D eigenvalue weighted by molar-refractivity contribution is -0.118. The fourth-order valence-electron chi connectivity index (χ4n) is 3.13. The molecule has 184 valence electrons. The minimum atomic E-state index is -0.643. The van der Waals surface area contributed by atoms with Gasteiger partial charge in [-0.15, -0.1) is 0 Å². The van der Waals surface area contributed by atoms with Crippen molar-refractivity contribution in [3.05, 3.63) is 83.7 Å². The predicted octanol–water partition coefficient (Wildman–Crippen LogP) is 4.80. The second kappa shape index (κ2) is 12.6. The van der Waals surface area contributed by atoms with Crippen molar-refractivity contribution in [3.8, 4) is 23.3 Å². The van der Waals surface area contributed by atoms with Crippen LogP contribution in [0.1, 0.15) is 12.5 Å². The van der Waals surface area contributed by atoms with Crippen molar-refractivity contribution >= 4 is 29.3 Å². The Balaban J connectivity index is 1.71. The van der Waals surface area contributed by atoms with Gasteiger partial charge in [0, 0.05) is 5.69 Å². The molecule has 0 bridgehead atoms. The molecule has 36 heavy (non-hydrogen) atoms. The van der Waals surface area contributed by atoms with Crippen molar-refractivity contribution in [3.63, 3.8) is 0 Å². The number of halogens is 1. The molecule has 0 heterocycles. The monoisotopic (exact) mass is 489 g/mol. The molecule has 9 heteroatoms. The molecule has 3 rings (SSSR count). The summed E-state index contributed by atoms with van der Waals surface area (Å²) in [5.41, 5.74) is 1.22. The lowest BCUT2D eigenvalue weighted by Gasteiger charge is -2.14. The van der Waals surface area contributed by atoms with Crippen molar-refractivity contribution in [1.82, 2.24) is 0 Å². The number of amides is 2. The number of hydrogen-bond donors (Lipinski definition) is 2. The zero-order valence-electron chi connectivity index (χ0n) is 19.7. The maximum Gasteiger partial charge on any atom is 0.266 e. The number of nitriles is 1. The Morgan fingerprint density at radius 1 is 0.972 bits per heavy atom. The van der Waals surface area contributed by atoms with Crippen LogP contribution in [0, 0.1) is 17.1 Å². The highest BCUT2D eigenvalue weighted by Gasteiger charge is 2.13. The van der Waals surface area contributed by atoms with E-state index < -0.39 is 17.6 Å². The Morgan fingerprint density at radius 2 is 1.72 bits per heavy atom. The number of ether oxygens (including phenoxy) is 3. The van der Waals surface area contributed by atoms with Gasteiger partial charge in [-0.1, -0.05) is 18.2 Å². The molecule has 3 aromatic carbocycles. The van der Waals surface area contributed by atoms with Crippen molar-refractivity contribution in [2.75, 3.05) is 31.0 Å². The summed E-state index contributed by atoms with van der Waals surface area (Å²) in [5, 5.41) is 14.7. The summed E-state index contributed by atoms with van der Waals surface area (Å²) in [6.07, 6.45) is 1.39. The minimum Gasteiger partial charge on any atom is -0.495 e. The summed E-state index contributed by atoms with van der Waals surface area (Å²) in [5.74, 6) is -0.294. The summed E-state index contributed by atoms with van der Waals surface area (Å²) in [4.78, 5) is 24.9. The number of nitrogens with zero attached hydrogens (tertiary/aromatic N) is 1. The Hall–Kier alpha value is -4.84. The number of carbonyl (C=O) groups excluding carboxylic acids is 2. The van der Waals surface area contributed by atoms with Crippen LogP contribution >= 0.6 is 0 Å². The van der Waals surface area contributed by atoms with Crippen molar-refractivity contribution < 1.29 is 28.2 Å². The molecule has 0 radical (unpaired) electrons. The normalized spacial score (nSPS) is 10.7. The van der Waals surface area contributed by atoms with E-state index in [2.05, 4.69) is 10.6 Å². The molecular formula is C27H24FN3O5. The van der Waals surface area contributed by atoms with Crippen LogP contribution in [-0.4, -0.2) is 32.1 Å². The van der Waals surface area contributed by atoms with Crippen LogP contribution in [0.2, 0.25) is 0 Å². The number of rotatable bonds is 10. The van der Waals surface area contributed by atoms with Crippen molar-refractivity contribution in [2.45, 2.75) is 6.92 Å². The van der Waals surface area contributed by atoms with Gasteiger partial charge in [0.1, 0.15) is 23.2 Å². The summed E-state index contributed by atoms with van der Waals surface area (Å²) in [6, 6.07) is 18.9. The second-order valence-corrected chi connectivity index (χ2v) is 7.31. The van der Waals surface area contributed by atoms with Crippen LogP contribution in [0.4, 0.5) is 15.8 Å². The number of para-hydroxylation sites is 2. The van der Waals surface area contributed by atoms with E-state index in [1.165, 1.54) is 37.5 Å². The molecular weight excluding hydrogens is 465 g/mol. The summed E-state index contributed by atoms with van der Waals surface area (Å²) >= 11 is 0. The largest absolute Gasteiger partial charge is 0.495 e. The van der Waals surface area contributed by atoms with Gasteiger partial charge in [0.15, 0.2) is 18.1 Å². The third-order valence-corrected chi connectivity index (χ3v) is 4.79. The molecule has 0 fully saturated rings. The van der Waals surface area contributed by atoms with Gasteiger partial charge < -0.3 is 24.8 Å². The van der Waals surface area contributed by atoms with Gasteiger partial charge >= 0.3 is 0 Å². The number of anilines is 2. The lowest BCUT2D eigenvalue weighted by atomic mass is 10.1. The van der Waals surface area contributed by atoms with Crippen molar-refractivity contribution in [1.29, 1.82) is 5.26 Å². The first-order chi connectivity index (χ1) is 17.4. The first-order valence-corrected chi connectivity index (χ1v) is 10.9. The quantitative estimate of drug-likeness (QED) is 0.313.